The van der Waals surface area contributed by atoms with Crippen LogP contribution in [0, 0.1) is 0 Å². The predicted octanol–water partition coefficient (Wildman–Crippen LogP) is 1.09. The van der Waals surface area contributed by atoms with Crippen molar-refractivity contribution in [1.29, 1.82) is 0 Å². The smallest absolute Gasteiger partial charge is 0.0622 e. The maximum absolute atomic E-state index is 5.41. The number of nitrogens with zero attached hydrogens (tertiary/aromatic N) is 1. The lowest BCUT2D eigenvalue weighted by molar-refractivity contribution is 0.124. The zero-order valence-electron chi connectivity index (χ0n) is 9.92. The normalized spacial score (nSPS) is 26.8. The third-order valence-corrected chi connectivity index (χ3v) is 3.37. The Kier molecular flexibility index (Phi) is 4.85. The average Bonchev–Trinajstić information content (AvgIpc) is 2.68. The third kappa shape index (κ3) is 2.94. The van der Waals surface area contributed by atoms with E-state index in [1.54, 1.807) is 0 Å². The number of ether oxygens (including phenoxy) is 1. The highest BCUT2D eigenvalue weighted by molar-refractivity contribution is 4.82. The van der Waals surface area contributed by atoms with E-state index >= 15 is 0 Å². The molecule has 1 aliphatic heterocycles. The quantitative estimate of drug-likeness (QED) is 0.719. The van der Waals surface area contributed by atoms with Crippen LogP contribution < -0.4 is 5.32 Å². The van der Waals surface area contributed by atoms with Crippen LogP contribution in [0.1, 0.15) is 27.2 Å². The van der Waals surface area contributed by atoms with Crippen molar-refractivity contribution in [2.24, 2.45) is 0 Å². The highest BCUT2D eigenvalue weighted by Gasteiger charge is 2.26. The first-order chi connectivity index (χ1) is 6.66. The van der Waals surface area contributed by atoms with Crippen LogP contribution in [0.3, 0.4) is 0 Å². The molecule has 14 heavy (non-hydrogen) atoms. The van der Waals surface area contributed by atoms with Gasteiger partial charge in [-0.15, -0.1) is 0 Å². The fourth-order valence-electron chi connectivity index (χ4n) is 2.02. The molecule has 0 bridgehead atoms. The predicted molar refractivity (Wildman–Crippen MR) is 59.6 cm³/mol. The van der Waals surface area contributed by atoms with Gasteiger partial charge in [-0.05, 0) is 33.9 Å². The van der Waals surface area contributed by atoms with Crippen molar-refractivity contribution in [1.82, 2.24) is 10.2 Å². The lowest BCUT2D eigenvalue weighted by Gasteiger charge is -2.34. The molecule has 1 rings (SSSR count). The topological polar surface area (TPSA) is 24.5 Å². The molecule has 0 aliphatic carbocycles. The van der Waals surface area contributed by atoms with Crippen molar-refractivity contribution < 1.29 is 4.74 Å². The van der Waals surface area contributed by atoms with Gasteiger partial charge in [0.25, 0.3) is 0 Å². The zero-order chi connectivity index (χ0) is 10.6. The molecule has 1 N–H and O–H groups in total. The lowest BCUT2D eigenvalue weighted by atomic mass is 10.1. The van der Waals surface area contributed by atoms with Crippen molar-refractivity contribution in [3.63, 3.8) is 0 Å². The van der Waals surface area contributed by atoms with E-state index in [0.29, 0.717) is 18.1 Å². The summed E-state index contributed by atoms with van der Waals surface area (Å²) in [5, 5.41) is 3.47. The van der Waals surface area contributed by atoms with Gasteiger partial charge in [0.2, 0.25) is 0 Å². The van der Waals surface area contributed by atoms with Gasteiger partial charge in [0.1, 0.15) is 0 Å². The fourth-order valence-corrected chi connectivity index (χ4v) is 2.02. The molecule has 3 atom stereocenters. The molecular formula is C11H24N2O. The Morgan fingerprint density at radius 3 is 2.71 bits per heavy atom. The SMILES string of the molecule is CCNC(C)C(C)N(C)C1CCOC1. The second-order valence-corrected chi connectivity index (χ2v) is 4.27. The number of rotatable bonds is 5. The minimum Gasteiger partial charge on any atom is -0.380 e. The van der Waals surface area contributed by atoms with Crippen molar-refractivity contribution >= 4 is 0 Å². The molecule has 1 aliphatic rings. The molecule has 0 aromatic rings. The summed E-state index contributed by atoms with van der Waals surface area (Å²) in [6.07, 6.45) is 1.18. The van der Waals surface area contributed by atoms with Gasteiger partial charge >= 0.3 is 0 Å². The van der Waals surface area contributed by atoms with E-state index in [1.165, 1.54) is 6.42 Å². The number of likely N-dealkylation sites (N-methyl/N-ethyl adjacent to an activating group) is 2. The summed E-state index contributed by atoms with van der Waals surface area (Å²) >= 11 is 0. The monoisotopic (exact) mass is 200 g/mol. The standard InChI is InChI=1S/C11H24N2O/c1-5-12-9(2)10(3)13(4)11-6-7-14-8-11/h9-12H,5-8H2,1-4H3. The zero-order valence-corrected chi connectivity index (χ0v) is 9.92. The Balaban J connectivity index is 2.37. The van der Waals surface area contributed by atoms with Crippen molar-refractivity contribution in [3.8, 4) is 0 Å². The van der Waals surface area contributed by atoms with Gasteiger partial charge in [0.05, 0.1) is 6.61 Å². The molecule has 3 unspecified atom stereocenters. The summed E-state index contributed by atoms with van der Waals surface area (Å²) < 4.78 is 5.41. The first kappa shape index (κ1) is 12.0. The van der Waals surface area contributed by atoms with Crippen LogP contribution >= 0.6 is 0 Å². The highest BCUT2D eigenvalue weighted by atomic mass is 16.5. The molecule has 0 aromatic heterocycles. The Labute approximate surface area is 87.8 Å². The molecule has 0 spiro atoms. The van der Waals surface area contributed by atoms with Gasteiger partial charge in [0.15, 0.2) is 0 Å². The molecule has 1 fully saturated rings. The van der Waals surface area contributed by atoms with E-state index in [2.05, 4.69) is 38.0 Å². The van der Waals surface area contributed by atoms with E-state index < -0.39 is 0 Å². The number of nitrogens with one attached hydrogen (secondary N) is 1. The molecule has 0 radical (unpaired) electrons. The largest absolute Gasteiger partial charge is 0.380 e. The van der Waals surface area contributed by atoms with E-state index in [9.17, 15) is 0 Å². The van der Waals surface area contributed by atoms with Gasteiger partial charge in [-0.2, -0.15) is 0 Å². The van der Waals surface area contributed by atoms with Crippen LogP contribution in [0.5, 0.6) is 0 Å². The molecule has 0 saturated carbocycles. The maximum atomic E-state index is 5.41. The van der Waals surface area contributed by atoms with E-state index in [-0.39, 0.29) is 0 Å². The second-order valence-electron chi connectivity index (χ2n) is 4.27. The van der Waals surface area contributed by atoms with E-state index in [4.69, 9.17) is 4.74 Å². The van der Waals surface area contributed by atoms with Crippen molar-refractivity contribution in [3.05, 3.63) is 0 Å². The van der Waals surface area contributed by atoms with E-state index in [1.807, 2.05) is 0 Å². The minimum absolute atomic E-state index is 0.547. The van der Waals surface area contributed by atoms with Crippen LogP contribution in [-0.2, 0) is 4.74 Å². The van der Waals surface area contributed by atoms with E-state index in [0.717, 1.165) is 19.8 Å². The van der Waals surface area contributed by atoms with Crippen LogP contribution in [0.4, 0.5) is 0 Å². The fraction of sp³-hybridized carbons (Fsp3) is 1.00. The molecule has 1 heterocycles. The Morgan fingerprint density at radius 1 is 1.50 bits per heavy atom. The minimum atomic E-state index is 0.547. The van der Waals surface area contributed by atoms with Crippen LogP contribution in [0.15, 0.2) is 0 Å². The summed E-state index contributed by atoms with van der Waals surface area (Å²) in [6, 6.07) is 1.73. The first-order valence-corrected chi connectivity index (χ1v) is 5.69. The lowest BCUT2D eigenvalue weighted by Crippen LogP contribution is -2.49. The third-order valence-electron chi connectivity index (χ3n) is 3.37. The van der Waals surface area contributed by atoms with Crippen LogP contribution in [-0.4, -0.2) is 49.8 Å². The summed E-state index contributed by atoms with van der Waals surface area (Å²) in [4.78, 5) is 2.44. The van der Waals surface area contributed by atoms with Crippen molar-refractivity contribution in [2.45, 2.75) is 45.3 Å². The Bertz CT molecular complexity index is 157. The Morgan fingerprint density at radius 2 is 2.21 bits per heavy atom. The molecule has 0 aromatic carbocycles. The molecule has 1 saturated heterocycles. The maximum Gasteiger partial charge on any atom is 0.0622 e. The Hall–Kier alpha value is -0.120. The van der Waals surface area contributed by atoms with Crippen LogP contribution in [0.25, 0.3) is 0 Å². The number of hydrogen-bond acceptors (Lipinski definition) is 3. The first-order valence-electron chi connectivity index (χ1n) is 5.69. The molecule has 0 amide bonds. The van der Waals surface area contributed by atoms with Gasteiger partial charge in [-0.25, -0.2) is 0 Å². The van der Waals surface area contributed by atoms with Crippen molar-refractivity contribution in [2.75, 3.05) is 26.8 Å². The average molecular weight is 200 g/mol. The van der Waals surface area contributed by atoms with Gasteiger partial charge in [-0.1, -0.05) is 6.92 Å². The van der Waals surface area contributed by atoms with Crippen LogP contribution in [0.2, 0.25) is 0 Å². The highest BCUT2D eigenvalue weighted by Crippen LogP contribution is 2.14. The molecule has 84 valence electrons. The summed E-state index contributed by atoms with van der Waals surface area (Å²) in [6.45, 7) is 9.56. The number of hydrogen-bond donors (Lipinski definition) is 1. The summed E-state index contributed by atoms with van der Waals surface area (Å²) in [7, 11) is 2.21. The summed E-state index contributed by atoms with van der Waals surface area (Å²) in [5.41, 5.74) is 0. The van der Waals surface area contributed by atoms with Gasteiger partial charge in [-0.3, -0.25) is 4.90 Å². The second kappa shape index (κ2) is 5.69. The van der Waals surface area contributed by atoms with Gasteiger partial charge in [0, 0.05) is 24.7 Å². The summed E-state index contributed by atoms with van der Waals surface area (Å²) in [5.74, 6) is 0. The molecular weight excluding hydrogens is 176 g/mol. The van der Waals surface area contributed by atoms with Gasteiger partial charge < -0.3 is 10.1 Å². The molecule has 3 heteroatoms. The molecule has 3 nitrogen and oxygen atoms in total.